The summed E-state index contributed by atoms with van der Waals surface area (Å²) >= 11 is 0. The summed E-state index contributed by atoms with van der Waals surface area (Å²) in [5.41, 5.74) is 5.00. The van der Waals surface area contributed by atoms with Crippen LogP contribution in [0.4, 0.5) is 5.95 Å². The highest BCUT2D eigenvalue weighted by molar-refractivity contribution is 5.40. The van der Waals surface area contributed by atoms with Gasteiger partial charge in [0.1, 0.15) is 0 Å². The number of likely N-dealkylation sites (tertiary alicyclic amines) is 1. The molecule has 1 aliphatic carbocycles. The number of nitrogens with one attached hydrogen (secondary N) is 1. The zero-order chi connectivity index (χ0) is 20.2. The number of nitrogens with zero attached hydrogens (tertiary/aromatic N) is 6. The number of rotatable bonds is 3. The molecule has 152 valence electrons. The Labute approximate surface area is 169 Å². The first-order chi connectivity index (χ1) is 13.9. The maximum atomic E-state index is 12.4. The number of hydrogen-bond acceptors (Lipinski definition) is 6. The predicted molar refractivity (Wildman–Crippen MR) is 111 cm³/mol. The zero-order valence-electron chi connectivity index (χ0n) is 17.3. The maximum absolute atomic E-state index is 12.4. The number of fused-ring (bicyclic) bond motifs is 3. The molecule has 0 radical (unpaired) electrons. The van der Waals surface area contributed by atoms with Crippen LogP contribution in [0, 0.1) is 6.92 Å². The lowest BCUT2D eigenvalue weighted by atomic mass is 9.77. The summed E-state index contributed by atoms with van der Waals surface area (Å²) in [5, 5.41) is 3.03. The Morgan fingerprint density at radius 2 is 2.10 bits per heavy atom. The third-order valence-corrected chi connectivity index (χ3v) is 6.30. The molecule has 3 aromatic heterocycles. The van der Waals surface area contributed by atoms with E-state index in [1.165, 1.54) is 15.8 Å². The van der Waals surface area contributed by atoms with Crippen LogP contribution in [-0.2, 0) is 18.4 Å². The highest BCUT2D eigenvalue weighted by Crippen LogP contribution is 2.44. The summed E-state index contributed by atoms with van der Waals surface area (Å²) in [7, 11) is 3.97. The fraction of sp³-hybridized carbons (Fsp3) is 0.524. The molecule has 29 heavy (non-hydrogen) atoms. The molecule has 3 aromatic rings. The standard InChI is InChI=1S/C21H27N7O/c1-14-9-17-23-16(10-18(29)28(17)25-14)12-27-8-4-6-21(13-27)7-5-15-11-22-20(26(2)3)24-19(15)21/h9-11,25H,4-8,12-13H2,1-3H3. The van der Waals surface area contributed by atoms with E-state index >= 15 is 0 Å². The summed E-state index contributed by atoms with van der Waals surface area (Å²) < 4.78 is 1.50. The van der Waals surface area contributed by atoms with Crippen molar-refractivity contribution >= 4 is 11.6 Å². The molecule has 1 saturated heterocycles. The highest BCUT2D eigenvalue weighted by atomic mass is 16.1. The first kappa shape index (κ1) is 18.3. The molecule has 1 aliphatic heterocycles. The number of aromatic amines is 1. The third kappa shape index (κ3) is 3.11. The molecule has 5 rings (SSSR count). The van der Waals surface area contributed by atoms with Crippen molar-refractivity contribution in [3.05, 3.63) is 51.3 Å². The number of aromatic nitrogens is 5. The molecule has 1 fully saturated rings. The number of piperidine rings is 1. The topological polar surface area (TPSA) is 82.4 Å². The van der Waals surface area contributed by atoms with E-state index in [4.69, 9.17) is 9.97 Å². The van der Waals surface area contributed by atoms with E-state index < -0.39 is 0 Å². The maximum Gasteiger partial charge on any atom is 0.272 e. The summed E-state index contributed by atoms with van der Waals surface area (Å²) in [6.45, 7) is 4.61. The van der Waals surface area contributed by atoms with Gasteiger partial charge in [-0.2, -0.15) is 0 Å². The van der Waals surface area contributed by atoms with Gasteiger partial charge in [-0.3, -0.25) is 14.8 Å². The van der Waals surface area contributed by atoms with Crippen molar-refractivity contribution in [1.29, 1.82) is 0 Å². The van der Waals surface area contributed by atoms with Gasteiger partial charge in [0, 0.05) is 56.6 Å². The first-order valence-electron chi connectivity index (χ1n) is 10.3. The fourth-order valence-corrected chi connectivity index (χ4v) is 4.98. The molecule has 1 N–H and O–H groups in total. The second-order valence-corrected chi connectivity index (χ2v) is 8.75. The quantitative estimate of drug-likeness (QED) is 0.729. The van der Waals surface area contributed by atoms with Gasteiger partial charge >= 0.3 is 0 Å². The summed E-state index contributed by atoms with van der Waals surface area (Å²) in [6, 6.07) is 3.56. The van der Waals surface area contributed by atoms with E-state index in [1.807, 2.05) is 38.2 Å². The summed E-state index contributed by atoms with van der Waals surface area (Å²) in [4.78, 5) is 31.0. The van der Waals surface area contributed by atoms with E-state index in [0.717, 1.165) is 56.1 Å². The normalized spacial score (nSPS) is 21.8. The first-order valence-corrected chi connectivity index (χ1v) is 10.3. The minimum absolute atomic E-state index is 0.0561. The van der Waals surface area contributed by atoms with Crippen LogP contribution in [0.5, 0.6) is 0 Å². The van der Waals surface area contributed by atoms with Gasteiger partial charge in [0.15, 0.2) is 5.65 Å². The van der Waals surface area contributed by atoms with Crippen molar-refractivity contribution in [3.63, 3.8) is 0 Å². The van der Waals surface area contributed by atoms with Gasteiger partial charge in [-0.25, -0.2) is 19.5 Å². The Balaban J connectivity index is 1.43. The van der Waals surface area contributed by atoms with Crippen LogP contribution in [0.1, 0.15) is 41.9 Å². The average molecular weight is 393 g/mol. The number of anilines is 1. The van der Waals surface area contributed by atoms with Crippen molar-refractivity contribution < 1.29 is 0 Å². The molecule has 0 bridgehead atoms. The molecule has 4 heterocycles. The van der Waals surface area contributed by atoms with E-state index in [9.17, 15) is 4.79 Å². The van der Waals surface area contributed by atoms with Crippen molar-refractivity contribution in [2.75, 3.05) is 32.1 Å². The van der Waals surface area contributed by atoms with Crippen LogP contribution >= 0.6 is 0 Å². The lowest BCUT2D eigenvalue weighted by Crippen LogP contribution is -2.45. The molecule has 8 nitrogen and oxygen atoms in total. The van der Waals surface area contributed by atoms with Gasteiger partial charge < -0.3 is 4.90 Å². The van der Waals surface area contributed by atoms with Crippen LogP contribution in [0.15, 0.2) is 23.1 Å². The van der Waals surface area contributed by atoms with Gasteiger partial charge in [-0.15, -0.1) is 0 Å². The minimum atomic E-state index is -0.0561. The lowest BCUT2D eigenvalue weighted by molar-refractivity contribution is 0.135. The predicted octanol–water partition coefficient (Wildman–Crippen LogP) is 1.67. The molecule has 0 saturated carbocycles. The third-order valence-electron chi connectivity index (χ3n) is 6.30. The van der Waals surface area contributed by atoms with Gasteiger partial charge in [0.2, 0.25) is 5.95 Å². The highest BCUT2D eigenvalue weighted by Gasteiger charge is 2.43. The van der Waals surface area contributed by atoms with E-state index in [-0.39, 0.29) is 11.0 Å². The van der Waals surface area contributed by atoms with Gasteiger partial charge in [-0.05, 0) is 44.7 Å². The minimum Gasteiger partial charge on any atom is -0.347 e. The second-order valence-electron chi connectivity index (χ2n) is 8.75. The van der Waals surface area contributed by atoms with Crippen molar-refractivity contribution in [2.24, 2.45) is 0 Å². The molecule has 1 atom stereocenters. The average Bonchev–Trinajstić information content (AvgIpc) is 3.22. The largest absolute Gasteiger partial charge is 0.347 e. The van der Waals surface area contributed by atoms with Crippen molar-refractivity contribution in [2.45, 2.75) is 44.6 Å². The Morgan fingerprint density at radius 1 is 1.24 bits per heavy atom. The molecule has 1 unspecified atom stereocenters. The van der Waals surface area contributed by atoms with Crippen LogP contribution in [0.3, 0.4) is 0 Å². The van der Waals surface area contributed by atoms with Crippen LogP contribution in [0.25, 0.3) is 5.65 Å². The molecule has 2 aliphatic rings. The second kappa shape index (κ2) is 6.66. The number of aryl methyl sites for hydroxylation is 2. The fourth-order valence-electron chi connectivity index (χ4n) is 4.98. The molecule has 8 heteroatoms. The van der Waals surface area contributed by atoms with Crippen molar-refractivity contribution in [1.82, 2.24) is 29.5 Å². The van der Waals surface area contributed by atoms with Gasteiger partial charge in [0.05, 0.1) is 11.4 Å². The Hall–Kier alpha value is -2.74. The van der Waals surface area contributed by atoms with E-state index in [1.54, 1.807) is 6.07 Å². The number of hydrogen-bond donors (Lipinski definition) is 1. The Kier molecular flexibility index (Phi) is 4.20. The molecular formula is C21H27N7O. The monoisotopic (exact) mass is 393 g/mol. The zero-order valence-corrected chi connectivity index (χ0v) is 17.3. The molecule has 1 spiro atoms. The van der Waals surface area contributed by atoms with Crippen LogP contribution in [0.2, 0.25) is 0 Å². The summed E-state index contributed by atoms with van der Waals surface area (Å²) in [5.74, 6) is 0.783. The Bertz CT molecular complexity index is 1130. The van der Waals surface area contributed by atoms with Crippen LogP contribution < -0.4 is 10.5 Å². The molecule has 0 aromatic carbocycles. The molecule has 0 amide bonds. The molecular weight excluding hydrogens is 366 g/mol. The van der Waals surface area contributed by atoms with Gasteiger partial charge in [0.25, 0.3) is 5.56 Å². The van der Waals surface area contributed by atoms with E-state index in [0.29, 0.717) is 12.2 Å². The number of H-pyrrole nitrogens is 1. The smallest absolute Gasteiger partial charge is 0.272 e. The van der Waals surface area contributed by atoms with Crippen molar-refractivity contribution in [3.8, 4) is 0 Å². The SMILES string of the molecule is Cc1cc2nc(CN3CCCC4(CCc5cnc(N(C)C)nc54)C3)cc(=O)n2[nH]1. The van der Waals surface area contributed by atoms with Crippen LogP contribution in [-0.4, -0.2) is 56.7 Å². The lowest BCUT2D eigenvalue weighted by Gasteiger charge is -2.40. The van der Waals surface area contributed by atoms with E-state index in [2.05, 4.69) is 15.0 Å². The van der Waals surface area contributed by atoms with Gasteiger partial charge in [-0.1, -0.05) is 0 Å². The Morgan fingerprint density at radius 3 is 2.93 bits per heavy atom. The summed E-state index contributed by atoms with van der Waals surface area (Å²) in [6.07, 6.45) is 6.47.